The molecule has 0 amide bonds. The fourth-order valence-corrected chi connectivity index (χ4v) is 3.61. The molecule has 3 heteroatoms. The number of likely N-dealkylation sites (N-methyl/N-ethyl adjacent to an activating group) is 1. The fourth-order valence-electron chi connectivity index (χ4n) is 3.61. The first-order valence-electron chi connectivity index (χ1n) is 7.36. The highest BCUT2D eigenvalue weighted by Gasteiger charge is 2.44. The molecular weight excluding hydrogens is 226 g/mol. The van der Waals surface area contributed by atoms with Crippen LogP contribution in [0.2, 0.25) is 0 Å². The second kappa shape index (κ2) is 6.07. The zero-order chi connectivity index (χ0) is 13.0. The van der Waals surface area contributed by atoms with Crippen LogP contribution in [0.3, 0.4) is 0 Å². The van der Waals surface area contributed by atoms with Crippen LogP contribution >= 0.6 is 0 Å². The molecule has 3 atom stereocenters. The summed E-state index contributed by atoms with van der Waals surface area (Å²) in [5.74, 6) is 1.84. The quantitative estimate of drug-likeness (QED) is 0.817. The topological polar surface area (TPSA) is 30.5 Å². The zero-order valence-corrected chi connectivity index (χ0v) is 12.0. The largest absolute Gasteiger partial charge is 0.496 e. The van der Waals surface area contributed by atoms with E-state index < -0.39 is 0 Å². The van der Waals surface area contributed by atoms with Crippen LogP contribution in [-0.4, -0.2) is 31.9 Å². The van der Waals surface area contributed by atoms with Crippen LogP contribution < -0.4 is 5.32 Å². The van der Waals surface area contributed by atoms with Crippen molar-refractivity contribution in [2.45, 2.75) is 57.6 Å². The Bertz CT molecular complexity index is 299. The standard InChI is InChI=1S/C15H27NO2/c1-4-18-15(9-5-7-12(2)11-15)14(16-3)13-8-6-10-17-13/h8,12,14,16H,4-7,9-11H2,1-3H3. The number of nitrogens with one attached hydrogen (secondary N) is 1. The predicted molar refractivity (Wildman–Crippen MR) is 73.5 cm³/mol. The summed E-state index contributed by atoms with van der Waals surface area (Å²) in [7, 11) is 2.02. The van der Waals surface area contributed by atoms with Gasteiger partial charge in [0.1, 0.15) is 5.76 Å². The second-order valence-corrected chi connectivity index (χ2v) is 5.66. The van der Waals surface area contributed by atoms with Crippen LogP contribution in [0.25, 0.3) is 0 Å². The molecule has 1 N–H and O–H groups in total. The van der Waals surface area contributed by atoms with E-state index in [4.69, 9.17) is 9.47 Å². The molecule has 104 valence electrons. The van der Waals surface area contributed by atoms with Crippen LogP contribution in [0.1, 0.15) is 46.0 Å². The van der Waals surface area contributed by atoms with Gasteiger partial charge in [-0.2, -0.15) is 0 Å². The lowest BCUT2D eigenvalue weighted by atomic mass is 9.74. The number of rotatable bonds is 5. The van der Waals surface area contributed by atoms with E-state index in [2.05, 4.69) is 25.2 Å². The SMILES string of the molecule is CCOC1(C(NC)C2=CCCO2)CCCC(C)C1. The first-order valence-corrected chi connectivity index (χ1v) is 7.36. The van der Waals surface area contributed by atoms with Gasteiger partial charge in [0.25, 0.3) is 0 Å². The third-order valence-electron chi connectivity index (χ3n) is 4.25. The maximum Gasteiger partial charge on any atom is 0.112 e. The molecule has 0 aromatic heterocycles. The molecule has 3 unspecified atom stereocenters. The van der Waals surface area contributed by atoms with Crippen LogP contribution in [0.4, 0.5) is 0 Å². The lowest BCUT2D eigenvalue weighted by Gasteiger charge is -2.45. The van der Waals surface area contributed by atoms with Crippen molar-refractivity contribution in [3.63, 3.8) is 0 Å². The van der Waals surface area contributed by atoms with Gasteiger partial charge in [-0.1, -0.05) is 19.8 Å². The molecule has 1 heterocycles. The minimum Gasteiger partial charge on any atom is -0.496 e. The highest BCUT2D eigenvalue weighted by Crippen LogP contribution is 2.40. The molecule has 0 aromatic carbocycles. The summed E-state index contributed by atoms with van der Waals surface area (Å²) in [5.41, 5.74) is -0.0721. The fraction of sp³-hybridized carbons (Fsp3) is 0.867. The van der Waals surface area contributed by atoms with E-state index in [-0.39, 0.29) is 11.6 Å². The van der Waals surface area contributed by atoms with Crippen LogP contribution in [0.5, 0.6) is 0 Å². The Morgan fingerprint density at radius 3 is 3.00 bits per heavy atom. The van der Waals surface area contributed by atoms with Gasteiger partial charge in [-0.3, -0.25) is 0 Å². The summed E-state index contributed by atoms with van der Waals surface area (Å²) in [6.45, 7) is 6.03. The molecule has 0 aromatic rings. The third kappa shape index (κ3) is 2.72. The maximum atomic E-state index is 6.22. The molecule has 1 fully saturated rings. The summed E-state index contributed by atoms with van der Waals surface area (Å²) in [4.78, 5) is 0. The maximum absolute atomic E-state index is 6.22. The van der Waals surface area contributed by atoms with Crippen LogP contribution in [0.15, 0.2) is 11.8 Å². The average molecular weight is 253 g/mol. The van der Waals surface area contributed by atoms with E-state index in [1.54, 1.807) is 0 Å². The van der Waals surface area contributed by atoms with E-state index in [9.17, 15) is 0 Å². The predicted octanol–water partition coefficient (Wildman–Crippen LogP) is 2.86. The van der Waals surface area contributed by atoms with Gasteiger partial charge in [-0.15, -0.1) is 0 Å². The van der Waals surface area contributed by atoms with Gasteiger partial charge in [0.2, 0.25) is 0 Å². The molecule has 1 saturated carbocycles. The number of ether oxygens (including phenoxy) is 2. The zero-order valence-electron chi connectivity index (χ0n) is 12.0. The van der Waals surface area contributed by atoms with Crippen molar-refractivity contribution in [2.75, 3.05) is 20.3 Å². The van der Waals surface area contributed by atoms with Crippen molar-refractivity contribution in [3.05, 3.63) is 11.8 Å². The minimum atomic E-state index is -0.0721. The first-order chi connectivity index (χ1) is 8.72. The van der Waals surface area contributed by atoms with E-state index in [1.807, 2.05) is 7.05 Å². The summed E-state index contributed by atoms with van der Waals surface area (Å²) in [6.07, 6.45) is 8.11. The minimum absolute atomic E-state index is 0.0721. The van der Waals surface area contributed by atoms with Gasteiger partial charge in [-0.05, 0) is 38.8 Å². The van der Waals surface area contributed by atoms with Gasteiger partial charge >= 0.3 is 0 Å². The third-order valence-corrected chi connectivity index (χ3v) is 4.25. The van der Waals surface area contributed by atoms with Gasteiger partial charge in [0.15, 0.2) is 0 Å². The Hall–Kier alpha value is -0.540. The van der Waals surface area contributed by atoms with Gasteiger partial charge in [0, 0.05) is 13.0 Å². The molecule has 0 radical (unpaired) electrons. The number of hydrogen-bond donors (Lipinski definition) is 1. The highest BCUT2D eigenvalue weighted by molar-refractivity contribution is 5.15. The molecule has 0 spiro atoms. The van der Waals surface area contributed by atoms with Crippen LogP contribution in [0, 0.1) is 5.92 Å². The van der Waals surface area contributed by atoms with Crippen molar-refractivity contribution in [3.8, 4) is 0 Å². The van der Waals surface area contributed by atoms with Crippen molar-refractivity contribution in [1.29, 1.82) is 0 Å². The number of hydrogen-bond acceptors (Lipinski definition) is 3. The average Bonchev–Trinajstić information content (AvgIpc) is 2.84. The van der Waals surface area contributed by atoms with Gasteiger partial charge in [-0.25, -0.2) is 0 Å². The van der Waals surface area contributed by atoms with E-state index >= 15 is 0 Å². The molecule has 3 nitrogen and oxygen atoms in total. The Balaban J connectivity index is 2.20. The molecule has 18 heavy (non-hydrogen) atoms. The summed E-state index contributed by atoms with van der Waals surface area (Å²) in [6, 6.07) is 0.211. The Morgan fingerprint density at radius 1 is 1.61 bits per heavy atom. The van der Waals surface area contributed by atoms with E-state index in [0.29, 0.717) is 0 Å². The van der Waals surface area contributed by atoms with Crippen LogP contribution in [-0.2, 0) is 9.47 Å². The Labute approximate surface area is 111 Å². The molecular formula is C15H27NO2. The Morgan fingerprint density at radius 2 is 2.44 bits per heavy atom. The summed E-state index contributed by atoms with van der Waals surface area (Å²) in [5, 5.41) is 3.44. The highest BCUT2D eigenvalue weighted by atomic mass is 16.5. The Kier molecular flexibility index (Phi) is 4.68. The van der Waals surface area contributed by atoms with Gasteiger partial charge < -0.3 is 14.8 Å². The van der Waals surface area contributed by atoms with Crippen molar-refractivity contribution < 1.29 is 9.47 Å². The smallest absolute Gasteiger partial charge is 0.112 e. The summed E-state index contributed by atoms with van der Waals surface area (Å²) >= 11 is 0. The molecule has 0 bridgehead atoms. The lowest BCUT2D eigenvalue weighted by molar-refractivity contribution is -0.0990. The first kappa shape index (κ1) is 13.9. The summed E-state index contributed by atoms with van der Waals surface area (Å²) < 4.78 is 12.0. The normalized spacial score (nSPS) is 33.9. The van der Waals surface area contributed by atoms with E-state index in [1.165, 1.54) is 12.8 Å². The second-order valence-electron chi connectivity index (χ2n) is 5.66. The molecule has 2 aliphatic rings. The van der Waals surface area contributed by atoms with Crippen molar-refractivity contribution in [2.24, 2.45) is 5.92 Å². The van der Waals surface area contributed by atoms with Crippen molar-refractivity contribution in [1.82, 2.24) is 5.32 Å². The molecule has 0 saturated heterocycles. The lowest BCUT2D eigenvalue weighted by Crippen LogP contribution is -2.55. The molecule has 2 rings (SSSR count). The van der Waals surface area contributed by atoms with Crippen molar-refractivity contribution >= 4 is 0 Å². The van der Waals surface area contributed by atoms with Gasteiger partial charge in [0.05, 0.1) is 18.2 Å². The molecule has 1 aliphatic heterocycles. The van der Waals surface area contributed by atoms with E-state index in [0.717, 1.165) is 44.2 Å². The monoisotopic (exact) mass is 253 g/mol. The molecule has 1 aliphatic carbocycles.